The second-order valence-corrected chi connectivity index (χ2v) is 9.94. The van der Waals surface area contributed by atoms with E-state index in [1.807, 2.05) is 23.1 Å². The molecule has 3 aliphatic rings. The van der Waals surface area contributed by atoms with Crippen molar-refractivity contribution in [3.8, 4) is 0 Å². The van der Waals surface area contributed by atoms with Crippen molar-refractivity contribution in [1.29, 1.82) is 0 Å². The van der Waals surface area contributed by atoms with Gasteiger partial charge in [0.25, 0.3) is 0 Å². The maximum Gasteiger partial charge on any atom is 0.416 e. The Kier molecular flexibility index (Phi) is 4.76. The number of amides is 2. The van der Waals surface area contributed by atoms with E-state index in [-0.39, 0.29) is 24.2 Å². The van der Waals surface area contributed by atoms with Crippen LogP contribution >= 0.6 is 0 Å². The average Bonchev–Trinajstić information content (AvgIpc) is 3.61. The molecule has 5 rings (SSSR count). The van der Waals surface area contributed by atoms with E-state index in [1.54, 1.807) is 0 Å². The molecule has 1 aromatic carbocycles. The van der Waals surface area contributed by atoms with Crippen molar-refractivity contribution in [3.05, 3.63) is 29.6 Å². The summed E-state index contributed by atoms with van der Waals surface area (Å²) in [6.45, 7) is 2.36. The Morgan fingerprint density at radius 3 is 2.62 bits per heavy atom. The number of ether oxygens (including phenoxy) is 1. The third-order valence-electron chi connectivity index (χ3n) is 6.89. The Labute approximate surface area is 183 Å². The first-order valence-electron chi connectivity index (χ1n) is 11.0. The van der Waals surface area contributed by atoms with E-state index >= 15 is 0 Å². The fraction of sp³-hybridized carbons (Fsp3) is 0.636. The van der Waals surface area contributed by atoms with Gasteiger partial charge in [-0.2, -0.15) is 13.2 Å². The van der Waals surface area contributed by atoms with Gasteiger partial charge in [-0.3, -0.25) is 0 Å². The van der Waals surface area contributed by atoms with Gasteiger partial charge in [-0.25, -0.2) is 9.78 Å². The van der Waals surface area contributed by atoms with E-state index in [0.29, 0.717) is 17.3 Å². The number of nitrogens with one attached hydrogen (secondary N) is 2. The highest BCUT2D eigenvalue weighted by molar-refractivity contribution is 5.80. The zero-order valence-electron chi connectivity index (χ0n) is 18.1. The lowest BCUT2D eigenvalue weighted by Gasteiger charge is -2.28. The predicted octanol–water partition coefficient (Wildman–Crippen LogP) is 3.93. The predicted molar refractivity (Wildman–Crippen MR) is 112 cm³/mol. The van der Waals surface area contributed by atoms with Crippen molar-refractivity contribution in [2.75, 3.05) is 13.2 Å². The summed E-state index contributed by atoms with van der Waals surface area (Å²) in [6.07, 6.45) is -0.266. The van der Waals surface area contributed by atoms with Crippen LogP contribution in [0.5, 0.6) is 0 Å². The standard InChI is InChI=1S/C22H28F3N5O2/c1-20(2,22(23,24)25)32-10-14(26)18-27-15-6-5-13(9-16(15)28-18)17(12-3-4-12)30-11-21(7-8-21)29-19(30)31/h5-6,9,12,14,17H,3-4,7-8,10-11,26H2,1-2H3,(H,27,28)(H,29,31)/t14-,17+/m0/s1. The monoisotopic (exact) mass is 451 g/mol. The lowest BCUT2D eigenvalue weighted by atomic mass is 10.00. The van der Waals surface area contributed by atoms with Gasteiger partial charge in [0, 0.05) is 6.54 Å². The van der Waals surface area contributed by atoms with Crippen LogP contribution in [-0.2, 0) is 4.74 Å². The van der Waals surface area contributed by atoms with Crippen LogP contribution in [0, 0.1) is 5.92 Å². The van der Waals surface area contributed by atoms with Gasteiger partial charge in [-0.05, 0) is 63.1 Å². The number of urea groups is 1. The molecule has 3 fully saturated rings. The highest BCUT2D eigenvalue weighted by atomic mass is 19.4. The summed E-state index contributed by atoms with van der Waals surface area (Å²) in [5.41, 5.74) is 6.18. The number of nitrogens with zero attached hydrogens (tertiary/aromatic N) is 2. The number of hydrogen-bond acceptors (Lipinski definition) is 4. The molecule has 0 unspecified atom stereocenters. The number of H-pyrrole nitrogens is 1. The average molecular weight is 451 g/mol. The van der Waals surface area contributed by atoms with E-state index in [0.717, 1.165) is 57.2 Å². The van der Waals surface area contributed by atoms with Crippen LogP contribution in [-0.4, -0.2) is 51.4 Å². The van der Waals surface area contributed by atoms with Crippen molar-refractivity contribution in [2.24, 2.45) is 11.7 Å². The first-order valence-corrected chi connectivity index (χ1v) is 11.0. The van der Waals surface area contributed by atoms with Gasteiger partial charge in [0.2, 0.25) is 0 Å². The fourth-order valence-corrected chi connectivity index (χ4v) is 4.37. The van der Waals surface area contributed by atoms with Crippen molar-refractivity contribution in [2.45, 2.75) is 68.9 Å². The molecule has 174 valence electrons. The molecule has 0 radical (unpaired) electrons. The summed E-state index contributed by atoms with van der Waals surface area (Å²) < 4.78 is 44.1. The summed E-state index contributed by atoms with van der Waals surface area (Å²) in [7, 11) is 0. The van der Waals surface area contributed by atoms with Crippen molar-refractivity contribution in [3.63, 3.8) is 0 Å². The third-order valence-corrected chi connectivity index (χ3v) is 6.89. The number of nitrogens with two attached hydrogens (primary N) is 1. The summed E-state index contributed by atoms with van der Waals surface area (Å²) in [5.74, 6) is 0.805. The van der Waals surface area contributed by atoms with Crippen molar-refractivity contribution >= 4 is 17.1 Å². The zero-order valence-corrected chi connectivity index (χ0v) is 18.1. The molecule has 2 heterocycles. The molecule has 2 amide bonds. The minimum absolute atomic E-state index is 0.00381. The topological polar surface area (TPSA) is 96.3 Å². The molecule has 1 aliphatic heterocycles. The van der Waals surface area contributed by atoms with Crippen LogP contribution in [0.2, 0.25) is 0 Å². The molecule has 1 aromatic heterocycles. The molecule has 2 atom stereocenters. The minimum atomic E-state index is -4.49. The number of carbonyl (C=O) groups excluding carboxylic acids is 1. The molecule has 2 saturated carbocycles. The van der Waals surface area contributed by atoms with Gasteiger partial charge in [0.05, 0.1) is 35.3 Å². The number of fused-ring (bicyclic) bond motifs is 1. The Balaban J connectivity index is 1.35. The van der Waals surface area contributed by atoms with Crippen LogP contribution in [0.15, 0.2) is 18.2 Å². The molecule has 2 aliphatic carbocycles. The van der Waals surface area contributed by atoms with E-state index in [9.17, 15) is 18.0 Å². The van der Waals surface area contributed by atoms with E-state index in [1.165, 1.54) is 0 Å². The number of hydrogen-bond donors (Lipinski definition) is 3. The largest absolute Gasteiger partial charge is 0.416 e. The van der Waals surface area contributed by atoms with Crippen LogP contribution in [0.3, 0.4) is 0 Å². The van der Waals surface area contributed by atoms with E-state index in [4.69, 9.17) is 10.5 Å². The molecule has 2 aromatic rings. The number of carbonyl (C=O) groups is 1. The SMILES string of the molecule is CC(C)(OC[C@H](N)c1nc2cc([C@@H](C3CC3)N3CC4(CC4)NC3=O)ccc2[nH]1)C(F)(F)F. The number of aromatic nitrogens is 2. The number of imidazole rings is 1. The van der Waals surface area contributed by atoms with Crippen LogP contribution in [0.25, 0.3) is 11.0 Å². The number of aromatic amines is 1. The Hall–Kier alpha value is -2.33. The quantitative estimate of drug-likeness (QED) is 0.594. The molecule has 1 saturated heterocycles. The molecule has 1 spiro atoms. The fourth-order valence-electron chi connectivity index (χ4n) is 4.37. The van der Waals surface area contributed by atoms with E-state index in [2.05, 4.69) is 15.3 Å². The van der Waals surface area contributed by atoms with Gasteiger partial charge < -0.3 is 25.7 Å². The lowest BCUT2D eigenvalue weighted by molar-refractivity contribution is -0.264. The second-order valence-electron chi connectivity index (χ2n) is 9.94. The first-order chi connectivity index (χ1) is 15.0. The number of rotatable bonds is 7. The molecule has 7 nitrogen and oxygen atoms in total. The second kappa shape index (κ2) is 7.08. The highest BCUT2D eigenvalue weighted by Crippen LogP contribution is 2.49. The summed E-state index contributed by atoms with van der Waals surface area (Å²) in [5, 5.41) is 3.13. The summed E-state index contributed by atoms with van der Waals surface area (Å²) in [6, 6.07) is 5.01. The van der Waals surface area contributed by atoms with Gasteiger partial charge in [-0.1, -0.05) is 6.07 Å². The van der Waals surface area contributed by atoms with Gasteiger partial charge in [-0.15, -0.1) is 0 Å². The summed E-state index contributed by atoms with van der Waals surface area (Å²) in [4.78, 5) is 22.2. The maximum atomic E-state index is 13.0. The van der Waals surface area contributed by atoms with E-state index < -0.39 is 17.8 Å². The molecule has 10 heteroatoms. The molecule has 0 bridgehead atoms. The first kappa shape index (κ1) is 21.5. The third kappa shape index (κ3) is 3.83. The van der Waals surface area contributed by atoms with Crippen LogP contribution < -0.4 is 11.1 Å². The van der Waals surface area contributed by atoms with Crippen molar-refractivity contribution in [1.82, 2.24) is 20.2 Å². The number of benzene rings is 1. The van der Waals surface area contributed by atoms with Gasteiger partial charge in [0.15, 0.2) is 5.60 Å². The highest BCUT2D eigenvalue weighted by Gasteiger charge is 2.54. The van der Waals surface area contributed by atoms with Crippen LogP contribution in [0.4, 0.5) is 18.0 Å². The maximum absolute atomic E-state index is 13.0. The Morgan fingerprint density at radius 1 is 1.31 bits per heavy atom. The number of halogens is 3. The zero-order chi connectivity index (χ0) is 22.9. The molecular formula is C22H28F3N5O2. The smallest absolute Gasteiger partial charge is 0.364 e. The lowest BCUT2D eigenvalue weighted by Crippen LogP contribution is -2.43. The van der Waals surface area contributed by atoms with Crippen molar-refractivity contribution < 1.29 is 22.7 Å². The molecule has 32 heavy (non-hydrogen) atoms. The Bertz CT molecular complexity index is 1040. The van der Waals surface area contributed by atoms with Crippen LogP contribution in [0.1, 0.15) is 63.0 Å². The van der Waals surface area contributed by atoms with Gasteiger partial charge >= 0.3 is 12.2 Å². The normalized spacial score (nSPS) is 22.4. The summed E-state index contributed by atoms with van der Waals surface area (Å²) >= 11 is 0. The molecule has 4 N–H and O–H groups in total. The van der Waals surface area contributed by atoms with Gasteiger partial charge in [0.1, 0.15) is 5.82 Å². The Morgan fingerprint density at radius 2 is 2.03 bits per heavy atom. The number of alkyl halides is 3. The molecular weight excluding hydrogens is 423 g/mol. The minimum Gasteiger partial charge on any atom is -0.364 e.